The zero-order valence-electron chi connectivity index (χ0n) is 13.3. The van der Waals surface area contributed by atoms with E-state index in [0.717, 1.165) is 0 Å². The van der Waals surface area contributed by atoms with E-state index in [4.69, 9.17) is 11.6 Å². The third-order valence-electron chi connectivity index (χ3n) is 3.21. The van der Waals surface area contributed by atoms with Crippen molar-refractivity contribution < 1.29 is 9.18 Å². The first-order valence-electron chi connectivity index (χ1n) is 7.35. The van der Waals surface area contributed by atoms with Crippen molar-refractivity contribution in [3.8, 4) is 5.69 Å². The summed E-state index contributed by atoms with van der Waals surface area (Å²) in [7, 11) is 0. The van der Waals surface area contributed by atoms with Gasteiger partial charge in [-0.2, -0.15) is 5.10 Å². The van der Waals surface area contributed by atoms with Gasteiger partial charge in [0.25, 0.3) is 0 Å². The van der Waals surface area contributed by atoms with Crippen LogP contribution in [0.3, 0.4) is 0 Å². The largest absolute Gasteiger partial charge is 0.352 e. The van der Waals surface area contributed by atoms with Gasteiger partial charge in [0.05, 0.1) is 11.4 Å². The Labute approximate surface area is 140 Å². The third-order valence-corrected chi connectivity index (χ3v) is 3.57. The molecule has 23 heavy (non-hydrogen) atoms. The topological polar surface area (TPSA) is 46.9 Å². The molecule has 0 bridgehead atoms. The van der Waals surface area contributed by atoms with Gasteiger partial charge in [-0.15, -0.1) is 0 Å². The molecule has 0 aliphatic heterocycles. The molecular weight excluding hydrogens is 317 g/mol. The molecule has 122 valence electrons. The van der Waals surface area contributed by atoms with Gasteiger partial charge in [-0.3, -0.25) is 4.79 Å². The van der Waals surface area contributed by atoms with Gasteiger partial charge in [-0.05, 0) is 43.2 Å². The van der Waals surface area contributed by atoms with Gasteiger partial charge in [0.2, 0.25) is 5.91 Å². The van der Waals surface area contributed by atoms with Crippen molar-refractivity contribution in [3.05, 3.63) is 52.6 Å². The Kier molecular flexibility index (Phi) is 5.55. The fraction of sp³-hybridized carbons (Fsp3) is 0.294. The number of benzene rings is 1. The number of carbonyl (C=O) groups excluding carboxylic acids is 1. The highest BCUT2D eigenvalue weighted by atomic mass is 35.5. The summed E-state index contributed by atoms with van der Waals surface area (Å²) in [5, 5.41) is 7.52. The molecule has 1 aromatic heterocycles. The Morgan fingerprint density at radius 3 is 2.65 bits per heavy atom. The molecule has 0 unspecified atom stereocenters. The van der Waals surface area contributed by atoms with Gasteiger partial charge in [0, 0.05) is 18.2 Å². The van der Waals surface area contributed by atoms with E-state index in [0.29, 0.717) is 34.6 Å². The Morgan fingerprint density at radius 2 is 2.04 bits per heavy atom. The summed E-state index contributed by atoms with van der Waals surface area (Å²) in [5.74, 6) is -0.113. The fourth-order valence-electron chi connectivity index (χ4n) is 1.98. The van der Waals surface area contributed by atoms with Crippen LogP contribution >= 0.6 is 11.6 Å². The second-order valence-corrected chi connectivity index (χ2v) is 6.01. The second kappa shape index (κ2) is 7.42. The molecule has 0 spiro atoms. The van der Waals surface area contributed by atoms with Gasteiger partial charge in [0.15, 0.2) is 0 Å². The molecule has 2 aromatic rings. The molecule has 0 radical (unpaired) electrons. The first-order valence-corrected chi connectivity index (χ1v) is 7.73. The maximum absolute atomic E-state index is 13.0. The summed E-state index contributed by atoms with van der Waals surface area (Å²) >= 11 is 6.34. The summed E-state index contributed by atoms with van der Waals surface area (Å²) in [6.07, 6.45) is 3.08. The van der Waals surface area contributed by atoms with Crippen LogP contribution in [0, 0.1) is 18.7 Å². The number of aromatic nitrogens is 2. The summed E-state index contributed by atoms with van der Waals surface area (Å²) < 4.78 is 14.5. The van der Waals surface area contributed by atoms with Gasteiger partial charge in [-0.25, -0.2) is 9.07 Å². The first kappa shape index (κ1) is 17.2. The number of hydrogen-bond acceptors (Lipinski definition) is 2. The monoisotopic (exact) mass is 335 g/mol. The molecule has 0 saturated carbocycles. The predicted octanol–water partition coefficient (Wildman–Crippen LogP) is 3.76. The van der Waals surface area contributed by atoms with Gasteiger partial charge >= 0.3 is 0 Å². The van der Waals surface area contributed by atoms with Crippen molar-refractivity contribution in [3.63, 3.8) is 0 Å². The average Bonchev–Trinajstić information content (AvgIpc) is 2.79. The number of nitrogens with zero attached hydrogens (tertiary/aromatic N) is 2. The number of halogens is 2. The molecule has 0 atom stereocenters. The fourth-order valence-corrected chi connectivity index (χ4v) is 2.31. The SMILES string of the molecule is Cc1nn(-c2ccc(F)cc2)c(Cl)c1/C=C/C(=O)NCC(C)C. The van der Waals surface area contributed by atoms with Crippen molar-refractivity contribution in [1.29, 1.82) is 0 Å². The van der Waals surface area contributed by atoms with E-state index in [-0.39, 0.29) is 11.7 Å². The zero-order chi connectivity index (χ0) is 17.0. The minimum Gasteiger partial charge on any atom is -0.352 e. The van der Waals surface area contributed by atoms with Crippen LogP contribution < -0.4 is 5.32 Å². The lowest BCUT2D eigenvalue weighted by atomic mass is 10.2. The highest BCUT2D eigenvalue weighted by Gasteiger charge is 2.13. The minimum atomic E-state index is -0.323. The number of carbonyl (C=O) groups is 1. The molecule has 1 aromatic carbocycles. The quantitative estimate of drug-likeness (QED) is 0.846. The van der Waals surface area contributed by atoms with Gasteiger partial charge < -0.3 is 5.32 Å². The lowest BCUT2D eigenvalue weighted by Gasteiger charge is -2.04. The normalized spacial score (nSPS) is 11.4. The van der Waals surface area contributed by atoms with Crippen LogP contribution in [0.1, 0.15) is 25.1 Å². The predicted molar refractivity (Wildman–Crippen MR) is 90.2 cm³/mol. The summed E-state index contributed by atoms with van der Waals surface area (Å²) in [6.45, 7) is 6.47. The molecule has 1 heterocycles. The van der Waals surface area contributed by atoms with Crippen LogP contribution in [0.25, 0.3) is 11.8 Å². The van der Waals surface area contributed by atoms with E-state index in [2.05, 4.69) is 10.4 Å². The van der Waals surface area contributed by atoms with Crippen molar-refractivity contribution in [2.24, 2.45) is 5.92 Å². The van der Waals surface area contributed by atoms with E-state index in [1.807, 2.05) is 13.8 Å². The van der Waals surface area contributed by atoms with Gasteiger partial charge in [0.1, 0.15) is 11.0 Å². The Bertz CT molecular complexity index is 720. The maximum Gasteiger partial charge on any atom is 0.244 e. The van der Waals surface area contributed by atoms with E-state index < -0.39 is 0 Å². The third kappa shape index (κ3) is 4.42. The van der Waals surface area contributed by atoms with Crippen molar-refractivity contribution in [2.45, 2.75) is 20.8 Å². The average molecular weight is 336 g/mol. The summed E-state index contributed by atoms with van der Waals surface area (Å²) in [4.78, 5) is 11.7. The molecular formula is C17H19ClFN3O. The van der Waals surface area contributed by atoms with Gasteiger partial charge in [-0.1, -0.05) is 25.4 Å². The van der Waals surface area contributed by atoms with E-state index in [1.165, 1.54) is 22.9 Å². The van der Waals surface area contributed by atoms with E-state index in [1.54, 1.807) is 25.1 Å². The smallest absolute Gasteiger partial charge is 0.244 e. The van der Waals surface area contributed by atoms with Crippen LogP contribution in [0.5, 0.6) is 0 Å². The zero-order valence-corrected chi connectivity index (χ0v) is 14.1. The summed E-state index contributed by atoms with van der Waals surface area (Å²) in [6, 6.07) is 5.88. The standard InChI is InChI=1S/C17H19ClFN3O/c1-11(2)10-20-16(23)9-8-15-12(3)21-22(17(15)18)14-6-4-13(19)5-7-14/h4-9,11H,10H2,1-3H3,(H,20,23)/b9-8+. The maximum atomic E-state index is 13.0. The molecule has 6 heteroatoms. The highest BCUT2D eigenvalue weighted by Crippen LogP contribution is 2.24. The van der Waals surface area contributed by atoms with Crippen LogP contribution in [-0.4, -0.2) is 22.2 Å². The second-order valence-electron chi connectivity index (χ2n) is 5.65. The van der Waals surface area contributed by atoms with Crippen molar-refractivity contribution in [1.82, 2.24) is 15.1 Å². The molecule has 4 nitrogen and oxygen atoms in total. The number of rotatable bonds is 5. The molecule has 0 aliphatic rings. The molecule has 0 fully saturated rings. The highest BCUT2D eigenvalue weighted by molar-refractivity contribution is 6.31. The Hall–Kier alpha value is -2.14. The lowest BCUT2D eigenvalue weighted by Crippen LogP contribution is -2.25. The molecule has 1 N–H and O–H groups in total. The van der Waals surface area contributed by atoms with Crippen LogP contribution in [-0.2, 0) is 4.79 Å². The van der Waals surface area contributed by atoms with E-state index >= 15 is 0 Å². The number of amides is 1. The number of hydrogen-bond donors (Lipinski definition) is 1. The number of nitrogens with one attached hydrogen (secondary N) is 1. The molecule has 2 rings (SSSR count). The van der Waals surface area contributed by atoms with Crippen LogP contribution in [0.4, 0.5) is 4.39 Å². The summed E-state index contributed by atoms with van der Waals surface area (Å²) in [5.41, 5.74) is 2.01. The Morgan fingerprint density at radius 1 is 1.39 bits per heavy atom. The van der Waals surface area contributed by atoms with E-state index in [9.17, 15) is 9.18 Å². The molecule has 0 saturated heterocycles. The van der Waals surface area contributed by atoms with Crippen molar-refractivity contribution >= 4 is 23.6 Å². The first-order chi connectivity index (χ1) is 10.9. The number of aryl methyl sites for hydroxylation is 1. The van der Waals surface area contributed by atoms with Crippen LogP contribution in [0.2, 0.25) is 5.15 Å². The Balaban J connectivity index is 2.21. The van der Waals surface area contributed by atoms with Crippen LogP contribution in [0.15, 0.2) is 30.3 Å². The molecule has 0 aliphatic carbocycles. The lowest BCUT2D eigenvalue weighted by molar-refractivity contribution is -0.116. The minimum absolute atomic E-state index is 0.177. The van der Waals surface area contributed by atoms with Crippen molar-refractivity contribution in [2.75, 3.05) is 6.54 Å². The molecule has 1 amide bonds.